The predicted octanol–water partition coefficient (Wildman–Crippen LogP) is 18.6. The molecule has 10 aromatic rings. The number of hydrogen-bond donors (Lipinski definition) is 4. The lowest BCUT2D eigenvalue weighted by atomic mass is 9.74. The first kappa shape index (κ1) is 112. The van der Waals surface area contributed by atoms with Crippen LogP contribution in [0.3, 0.4) is 0 Å². The highest BCUT2D eigenvalue weighted by Gasteiger charge is 2.44. The van der Waals surface area contributed by atoms with E-state index in [-0.39, 0.29) is 57.6 Å². The summed E-state index contributed by atoms with van der Waals surface area (Å²) in [5.74, 6) is 14.2. The van der Waals surface area contributed by atoms with Crippen LogP contribution in [0.5, 0.6) is 29.4 Å². The third-order valence-electron chi connectivity index (χ3n) is 25.7. The normalized spacial score (nSPS) is 17.1. The number of rotatable bonds is 27. The molecule has 0 amide bonds. The molecule has 0 aliphatic carbocycles. The molecule has 10 heterocycles. The number of aryl methyl sites for hydroxylation is 4. The molecule has 0 bridgehead atoms. The van der Waals surface area contributed by atoms with Crippen molar-refractivity contribution < 1.29 is 62.4 Å². The molecule has 5 aromatic carbocycles. The minimum Gasteiger partial charge on any atom is -0.471 e. The SMILES string of the molecule is CC(C)(C)Oc1nccnc1CN1CCC(CO)(CCc2ccccc2)CC1.CC(C)(C)Oc1nccnc1CN1CCC(O)(C#Cc2ccccc2F)CC1.CC(C)(C)Oc1nccnc1CN1CCC(O)(CCc2ccccc2F)CC1.CCOC(=O)C1(CCc2ccccc2)CCN(Cc2nccnc2OC(C)(C)C)CC1.Cc1ccccc1C#CC1(O)CCN(Cc2nccnc2OC(C)(C)C)CC1. The fourth-order valence-corrected chi connectivity index (χ4v) is 17.5. The Morgan fingerprint density at radius 3 is 1.00 bits per heavy atom. The molecule has 0 unspecified atom stereocenters. The van der Waals surface area contributed by atoms with Crippen molar-refractivity contribution in [3.05, 3.63) is 269 Å². The van der Waals surface area contributed by atoms with Crippen LogP contribution in [0.1, 0.15) is 256 Å². The molecule has 0 radical (unpaired) electrons. The number of piperidine rings is 5. The zero-order chi connectivity index (χ0) is 103. The highest BCUT2D eigenvalue weighted by molar-refractivity contribution is 5.77. The standard InChI is InChI=1S/C25H35N3O3.C23H29N3O2.C23H33N3O2.C22H30FN3O2.C22H26FN3O2/c1-5-30-23(29)25(12-11-20-9-7-6-8-10-20)13-17-28(18-14-25)19-21-22(27-16-15-26-21)31-24(2,3)4;1-18-7-5-6-8-19(18)9-10-23(27)11-15-26(16-12-23)17-20-21(25-14-13-24-20)28-22(2,3)4;1-22(2,3)28-21-20(24-13-14-25-21)17-26-15-11-23(18-27,12-16-26)10-9-19-7-5-4-6-8-19;2*1-21(2,3)28-20-19(24-12-13-25-20)16-26-14-10-22(27,11-15-26)9-8-17-6-4-5-7-18(17)23/h6-10,15-16H,5,11-14,17-19H2,1-4H3;5-8,13-14,27H,11-12,15-17H2,1-4H3;4-8,13-14,27H,9-12,15-18H2,1-3H3;4-7,12-13,27H,8-11,14-16H2,1-3H3;4-7,12-13,27H,10-11,14-16H2,1-3H3. The summed E-state index contributed by atoms with van der Waals surface area (Å²) in [6, 6.07) is 42.1. The molecule has 4 N–H and O–H groups in total. The van der Waals surface area contributed by atoms with Crippen molar-refractivity contribution in [2.75, 3.05) is 78.7 Å². The molecule has 5 aliphatic rings. The van der Waals surface area contributed by atoms with Crippen molar-refractivity contribution in [1.82, 2.24) is 74.3 Å². The van der Waals surface area contributed by atoms with E-state index in [2.05, 4.69) is 134 Å². The second kappa shape index (κ2) is 51.9. The summed E-state index contributed by atoms with van der Waals surface area (Å²) in [7, 11) is 0. The number of esters is 1. The van der Waals surface area contributed by atoms with Crippen molar-refractivity contribution in [2.24, 2.45) is 10.8 Å². The molecule has 28 heteroatoms. The third-order valence-corrected chi connectivity index (χ3v) is 25.7. The van der Waals surface area contributed by atoms with Crippen LogP contribution in [-0.2, 0) is 61.5 Å². The smallest absolute Gasteiger partial charge is 0.312 e. The summed E-state index contributed by atoms with van der Waals surface area (Å²) in [4.78, 5) is 68.5. The summed E-state index contributed by atoms with van der Waals surface area (Å²) in [5, 5.41) is 42.6. The number of carbonyl (C=O) groups excluding carboxylic acids is 1. The van der Waals surface area contributed by atoms with E-state index < -0.39 is 22.2 Å². The Labute approximate surface area is 847 Å². The number of aromatic nitrogens is 10. The van der Waals surface area contributed by atoms with Crippen molar-refractivity contribution in [3.63, 3.8) is 0 Å². The number of aliphatic hydroxyl groups excluding tert-OH is 1. The van der Waals surface area contributed by atoms with E-state index >= 15 is 0 Å². The van der Waals surface area contributed by atoms with E-state index in [1.54, 1.807) is 92.3 Å². The monoisotopic (exact) mass is 1960 g/mol. The number of halogens is 2. The van der Waals surface area contributed by atoms with Crippen LogP contribution in [0.15, 0.2) is 195 Å². The van der Waals surface area contributed by atoms with Gasteiger partial charge in [-0.05, 0) is 273 Å². The topological polar surface area (TPSA) is 298 Å². The number of nitrogens with zero attached hydrogens (tertiary/aromatic N) is 15. The number of hydrogen-bond acceptors (Lipinski definition) is 26. The number of benzene rings is 5. The van der Waals surface area contributed by atoms with Gasteiger partial charge in [0.2, 0.25) is 29.4 Å². The summed E-state index contributed by atoms with van der Waals surface area (Å²) in [6.07, 6.45) is 28.7. The lowest BCUT2D eigenvalue weighted by molar-refractivity contribution is -0.159. The Hall–Kier alpha value is -11.4. The van der Waals surface area contributed by atoms with E-state index in [0.717, 1.165) is 150 Å². The molecule has 0 saturated carbocycles. The fraction of sp³-hybridized carbons (Fsp3) is 0.522. The van der Waals surface area contributed by atoms with Crippen molar-refractivity contribution >= 4 is 5.97 Å². The second-order valence-electron chi connectivity index (χ2n) is 43.3. The van der Waals surface area contributed by atoms with E-state index in [9.17, 15) is 34.0 Å². The summed E-state index contributed by atoms with van der Waals surface area (Å²) in [5.41, 5.74) is 5.02. The van der Waals surface area contributed by atoms with Gasteiger partial charge in [-0.3, -0.25) is 54.2 Å². The Balaban J connectivity index is 0.000000171. The average Bonchev–Trinajstić information content (AvgIpc) is 0.806. The first-order chi connectivity index (χ1) is 67.9. The van der Waals surface area contributed by atoms with Gasteiger partial charge < -0.3 is 48.8 Å². The number of ether oxygens (including phenoxy) is 6. The molecule has 0 atom stereocenters. The van der Waals surface area contributed by atoms with Gasteiger partial charge in [0.25, 0.3) is 0 Å². The summed E-state index contributed by atoms with van der Waals surface area (Å²) in [6.45, 7) is 45.8. The number of aliphatic hydroxyl groups is 4. The highest BCUT2D eigenvalue weighted by atomic mass is 19.1. The van der Waals surface area contributed by atoms with E-state index in [4.69, 9.17) is 28.4 Å². The first-order valence-electron chi connectivity index (χ1n) is 50.6. The maximum absolute atomic E-state index is 13.8. The molecule has 768 valence electrons. The zero-order valence-corrected chi connectivity index (χ0v) is 87.4. The van der Waals surface area contributed by atoms with Crippen LogP contribution in [-0.4, -0.2) is 224 Å². The van der Waals surface area contributed by atoms with Crippen LogP contribution in [0.25, 0.3) is 0 Å². The molecule has 5 saturated heterocycles. The second-order valence-corrected chi connectivity index (χ2v) is 43.3. The minimum atomic E-state index is -1.11. The van der Waals surface area contributed by atoms with Gasteiger partial charge >= 0.3 is 5.97 Å². The van der Waals surface area contributed by atoms with Gasteiger partial charge in [0.15, 0.2) is 0 Å². The third kappa shape index (κ3) is 37.6. The summed E-state index contributed by atoms with van der Waals surface area (Å²) < 4.78 is 62.8. The lowest BCUT2D eigenvalue weighted by Crippen LogP contribution is -2.45. The molecular weight excluding hydrogens is 1810 g/mol. The predicted molar refractivity (Wildman–Crippen MR) is 554 cm³/mol. The Morgan fingerprint density at radius 2 is 0.657 bits per heavy atom. The van der Waals surface area contributed by atoms with Crippen LogP contribution in [0.2, 0.25) is 0 Å². The van der Waals surface area contributed by atoms with Crippen molar-refractivity contribution in [1.29, 1.82) is 0 Å². The molecule has 5 fully saturated rings. The summed E-state index contributed by atoms with van der Waals surface area (Å²) >= 11 is 0. The van der Waals surface area contributed by atoms with Gasteiger partial charge in [-0.15, -0.1) is 0 Å². The highest BCUT2D eigenvalue weighted by Crippen LogP contribution is 2.41. The van der Waals surface area contributed by atoms with Gasteiger partial charge in [0.1, 0.15) is 79.3 Å². The number of carbonyl (C=O) groups is 1. The van der Waals surface area contributed by atoms with Crippen LogP contribution >= 0.6 is 0 Å². The molecule has 15 rings (SSSR count). The Bertz CT molecular complexity index is 5570. The maximum Gasteiger partial charge on any atom is 0.312 e. The quantitative estimate of drug-likeness (QED) is 0.0275. The Morgan fingerprint density at radius 1 is 0.357 bits per heavy atom. The number of likely N-dealkylation sites (tertiary alicyclic amines) is 5. The van der Waals surface area contributed by atoms with E-state index in [1.165, 1.54) is 23.3 Å². The molecule has 26 nitrogen and oxygen atoms in total. The molecule has 143 heavy (non-hydrogen) atoms. The molecule has 0 spiro atoms. The molecule has 5 aliphatic heterocycles. The Kier molecular flexibility index (Phi) is 40.6. The largest absolute Gasteiger partial charge is 0.471 e. The van der Waals surface area contributed by atoms with Crippen molar-refractivity contribution in [3.8, 4) is 53.1 Å². The molecular formula is C115H153F2N15O11. The van der Waals surface area contributed by atoms with Gasteiger partial charge in [-0.1, -0.05) is 133 Å². The van der Waals surface area contributed by atoms with Crippen LogP contribution < -0.4 is 23.7 Å². The fourth-order valence-electron chi connectivity index (χ4n) is 17.5. The maximum atomic E-state index is 13.8. The van der Waals surface area contributed by atoms with Crippen LogP contribution in [0, 0.1) is 53.1 Å². The van der Waals surface area contributed by atoms with E-state index in [1.807, 2.05) is 172 Å². The van der Waals surface area contributed by atoms with Crippen LogP contribution in [0.4, 0.5) is 8.78 Å². The van der Waals surface area contributed by atoms with Gasteiger partial charge in [0, 0.05) is 172 Å². The zero-order valence-electron chi connectivity index (χ0n) is 87.4. The van der Waals surface area contributed by atoms with Gasteiger partial charge in [0.05, 0.1) is 23.2 Å². The van der Waals surface area contributed by atoms with Gasteiger partial charge in [-0.2, -0.15) is 0 Å². The van der Waals surface area contributed by atoms with Gasteiger partial charge in [-0.25, -0.2) is 33.7 Å². The lowest BCUT2D eigenvalue weighted by Gasteiger charge is -2.41. The minimum absolute atomic E-state index is 0.0272. The van der Waals surface area contributed by atoms with E-state index in [0.29, 0.717) is 138 Å². The van der Waals surface area contributed by atoms with Crippen molar-refractivity contribution in [2.45, 2.75) is 298 Å². The average molecular weight is 1960 g/mol. The molecule has 5 aromatic heterocycles. The first-order valence-corrected chi connectivity index (χ1v) is 50.6.